The van der Waals surface area contributed by atoms with Crippen molar-refractivity contribution in [1.29, 1.82) is 0 Å². The van der Waals surface area contributed by atoms with Gasteiger partial charge in [-0.05, 0) is 56.3 Å². The van der Waals surface area contributed by atoms with Crippen molar-refractivity contribution in [2.45, 2.75) is 26.8 Å². The third-order valence-corrected chi connectivity index (χ3v) is 5.20. The van der Waals surface area contributed by atoms with E-state index < -0.39 is 0 Å². The van der Waals surface area contributed by atoms with Crippen molar-refractivity contribution >= 4 is 28.9 Å². The van der Waals surface area contributed by atoms with E-state index in [0.717, 1.165) is 28.6 Å². The van der Waals surface area contributed by atoms with Gasteiger partial charge in [-0.1, -0.05) is 18.2 Å². The second-order valence-corrected chi connectivity index (χ2v) is 7.73. The summed E-state index contributed by atoms with van der Waals surface area (Å²) in [4.78, 5) is 35.5. The van der Waals surface area contributed by atoms with Crippen molar-refractivity contribution in [1.82, 2.24) is 9.97 Å². The summed E-state index contributed by atoms with van der Waals surface area (Å²) in [5.74, 6) is 0.201. The first-order chi connectivity index (χ1) is 15.0. The highest BCUT2D eigenvalue weighted by molar-refractivity contribution is 6.03. The molecule has 7 heteroatoms. The number of anilines is 3. The maximum absolute atomic E-state index is 12.7. The van der Waals surface area contributed by atoms with E-state index >= 15 is 0 Å². The fourth-order valence-electron chi connectivity index (χ4n) is 3.72. The molecular weight excluding hydrogens is 390 g/mol. The molecule has 1 aliphatic rings. The van der Waals surface area contributed by atoms with E-state index in [1.807, 2.05) is 74.5 Å². The highest BCUT2D eigenvalue weighted by Gasteiger charge is 2.35. The molecule has 1 fully saturated rings. The van der Waals surface area contributed by atoms with Gasteiger partial charge in [0.25, 0.3) is 0 Å². The van der Waals surface area contributed by atoms with Gasteiger partial charge in [0, 0.05) is 41.4 Å². The van der Waals surface area contributed by atoms with Crippen LogP contribution in [0.4, 0.5) is 17.1 Å². The van der Waals surface area contributed by atoms with Gasteiger partial charge in [0.2, 0.25) is 11.8 Å². The lowest BCUT2D eigenvalue weighted by Gasteiger charge is -2.16. The van der Waals surface area contributed by atoms with Crippen LogP contribution in [-0.4, -0.2) is 28.3 Å². The average Bonchev–Trinajstić information content (AvgIpc) is 3.15. The molecular formula is C24H25N5O2. The summed E-state index contributed by atoms with van der Waals surface area (Å²) in [7, 11) is 0. The van der Waals surface area contributed by atoms with Crippen molar-refractivity contribution in [2.75, 3.05) is 22.1 Å². The van der Waals surface area contributed by atoms with Crippen LogP contribution in [0.25, 0.3) is 0 Å². The third-order valence-electron chi connectivity index (χ3n) is 5.20. The lowest BCUT2D eigenvalue weighted by atomic mass is 10.1. The van der Waals surface area contributed by atoms with Gasteiger partial charge in [-0.25, -0.2) is 9.97 Å². The molecule has 4 rings (SSSR count). The molecule has 1 unspecified atom stereocenters. The summed E-state index contributed by atoms with van der Waals surface area (Å²) in [5, 5.41) is 6.21. The molecule has 0 bridgehead atoms. The van der Waals surface area contributed by atoms with Gasteiger partial charge in [-0.3, -0.25) is 9.59 Å². The second-order valence-electron chi connectivity index (χ2n) is 7.73. The number of aryl methyl sites for hydroxylation is 2. The normalized spacial score (nSPS) is 15.7. The van der Waals surface area contributed by atoms with E-state index in [1.54, 1.807) is 4.90 Å². The van der Waals surface area contributed by atoms with Gasteiger partial charge in [0.05, 0.1) is 12.5 Å². The number of nitrogens with one attached hydrogen (secondary N) is 2. The lowest BCUT2D eigenvalue weighted by Crippen LogP contribution is -2.28. The van der Waals surface area contributed by atoms with E-state index in [1.165, 1.54) is 0 Å². The maximum atomic E-state index is 12.7. The zero-order valence-electron chi connectivity index (χ0n) is 17.6. The van der Waals surface area contributed by atoms with Crippen LogP contribution in [-0.2, 0) is 16.1 Å². The van der Waals surface area contributed by atoms with Gasteiger partial charge in [0.15, 0.2) is 0 Å². The van der Waals surface area contributed by atoms with Gasteiger partial charge >= 0.3 is 0 Å². The molecule has 1 aliphatic heterocycles. The largest absolute Gasteiger partial charge is 0.378 e. The predicted molar refractivity (Wildman–Crippen MR) is 121 cm³/mol. The summed E-state index contributed by atoms with van der Waals surface area (Å²) in [5.41, 5.74) is 4.32. The number of aromatic nitrogens is 2. The van der Waals surface area contributed by atoms with Crippen LogP contribution >= 0.6 is 0 Å². The summed E-state index contributed by atoms with van der Waals surface area (Å²) >= 11 is 0. The van der Waals surface area contributed by atoms with Gasteiger partial charge in [0.1, 0.15) is 5.82 Å². The standard InChI is InChI=1S/C24H25N5O2/c1-16-12-17(2)27-22(26-16)14-25-19-8-10-20(11-9-19)28-24(31)18-13-23(30)29(15-18)21-6-4-3-5-7-21/h3-12,18,25H,13-15H2,1-2H3,(H,28,31). The first-order valence-corrected chi connectivity index (χ1v) is 10.3. The summed E-state index contributed by atoms with van der Waals surface area (Å²) < 4.78 is 0. The number of rotatable bonds is 6. The first-order valence-electron chi connectivity index (χ1n) is 10.3. The van der Waals surface area contributed by atoms with Gasteiger partial charge in [-0.2, -0.15) is 0 Å². The number of para-hydroxylation sites is 1. The van der Waals surface area contributed by atoms with Crippen molar-refractivity contribution in [3.63, 3.8) is 0 Å². The molecule has 1 aromatic heterocycles. The number of carbonyl (C=O) groups is 2. The average molecular weight is 415 g/mol. The monoisotopic (exact) mass is 415 g/mol. The molecule has 7 nitrogen and oxygen atoms in total. The highest BCUT2D eigenvalue weighted by Crippen LogP contribution is 2.26. The maximum Gasteiger partial charge on any atom is 0.229 e. The summed E-state index contributed by atoms with van der Waals surface area (Å²) in [6, 6.07) is 18.9. The minimum atomic E-state index is -0.368. The molecule has 3 aromatic rings. The topological polar surface area (TPSA) is 87.2 Å². The Bertz CT molecular complexity index is 1060. The zero-order chi connectivity index (χ0) is 21.8. The summed E-state index contributed by atoms with van der Waals surface area (Å²) in [6.45, 7) is 4.82. The van der Waals surface area contributed by atoms with Gasteiger partial charge in [-0.15, -0.1) is 0 Å². The Hall–Kier alpha value is -3.74. The number of carbonyl (C=O) groups excluding carboxylic acids is 2. The predicted octanol–water partition coefficient (Wildman–Crippen LogP) is 3.70. The molecule has 0 spiro atoms. The van der Waals surface area contributed by atoms with Crippen molar-refractivity contribution in [2.24, 2.45) is 5.92 Å². The third kappa shape index (κ3) is 5.06. The fourth-order valence-corrected chi connectivity index (χ4v) is 3.72. The van der Waals surface area contributed by atoms with Crippen LogP contribution in [0.15, 0.2) is 60.7 Å². The lowest BCUT2D eigenvalue weighted by molar-refractivity contribution is -0.122. The molecule has 0 aliphatic carbocycles. The Balaban J connectivity index is 1.32. The molecule has 2 aromatic carbocycles. The SMILES string of the molecule is Cc1cc(C)nc(CNc2ccc(NC(=O)C3CC(=O)N(c4ccccc4)C3)cc2)n1. The minimum Gasteiger partial charge on any atom is -0.378 e. The van der Waals surface area contributed by atoms with Crippen LogP contribution in [0.5, 0.6) is 0 Å². The highest BCUT2D eigenvalue weighted by atomic mass is 16.2. The number of hydrogen-bond acceptors (Lipinski definition) is 5. The molecule has 0 saturated carbocycles. The molecule has 31 heavy (non-hydrogen) atoms. The van der Waals surface area contributed by atoms with E-state index in [-0.39, 0.29) is 24.2 Å². The number of benzene rings is 2. The van der Waals surface area contributed by atoms with E-state index in [2.05, 4.69) is 20.6 Å². The molecule has 2 amide bonds. The van der Waals surface area contributed by atoms with Crippen molar-refractivity contribution < 1.29 is 9.59 Å². The summed E-state index contributed by atoms with van der Waals surface area (Å²) in [6.07, 6.45) is 0.219. The first kappa shape index (κ1) is 20.5. The minimum absolute atomic E-state index is 0.0282. The Kier molecular flexibility index (Phi) is 5.93. The van der Waals surface area contributed by atoms with Crippen LogP contribution in [0.2, 0.25) is 0 Å². The van der Waals surface area contributed by atoms with Crippen molar-refractivity contribution in [3.8, 4) is 0 Å². The number of amides is 2. The molecule has 2 heterocycles. The van der Waals surface area contributed by atoms with Crippen LogP contribution < -0.4 is 15.5 Å². The van der Waals surface area contributed by atoms with Gasteiger partial charge < -0.3 is 15.5 Å². The Morgan fingerprint density at radius 3 is 2.32 bits per heavy atom. The molecule has 2 N–H and O–H groups in total. The van der Waals surface area contributed by atoms with Crippen LogP contribution in [0.3, 0.4) is 0 Å². The second kappa shape index (κ2) is 8.95. The van der Waals surface area contributed by atoms with E-state index in [9.17, 15) is 9.59 Å². The zero-order valence-corrected chi connectivity index (χ0v) is 17.6. The van der Waals surface area contributed by atoms with Crippen LogP contribution in [0, 0.1) is 19.8 Å². The Morgan fingerprint density at radius 1 is 1.00 bits per heavy atom. The molecule has 1 atom stereocenters. The fraction of sp³-hybridized carbons (Fsp3) is 0.250. The molecule has 1 saturated heterocycles. The van der Waals surface area contributed by atoms with E-state index in [4.69, 9.17) is 0 Å². The Morgan fingerprint density at radius 2 is 1.65 bits per heavy atom. The Labute approximate surface area is 181 Å². The van der Waals surface area contributed by atoms with Crippen LogP contribution in [0.1, 0.15) is 23.6 Å². The molecule has 158 valence electrons. The smallest absolute Gasteiger partial charge is 0.229 e. The molecule has 0 radical (unpaired) electrons. The quantitative estimate of drug-likeness (QED) is 0.641. The van der Waals surface area contributed by atoms with Crippen molar-refractivity contribution in [3.05, 3.63) is 77.9 Å². The number of hydrogen-bond donors (Lipinski definition) is 2. The number of nitrogens with zero attached hydrogens (tertiary/aromatic N) is 3. The van der Waals surface area contributed by atoms with E-state index in [0.29, 0.717) is 18.8 Å².